The van der Waals surface area contributed by atoms with Crippen molar-refractivity contribution in [3.63, 3.8) is 0 Å². The van der Waals surface area contributed by atoms with E-state index in [1.165, 1.54) is 27.2 Å². The smallest absolute Gasteiger partial charge is 0.312 e. The summed E-state index contributed by atoms with van der Waals surface area (Å²) in [5, 5.41) is 49.3. The number of hydrogen-bond donors (Lipinski definition) is 5. The van der Waals surface area contributed by atoms with Crippen LogP contribution in [0.25, 0.3) is 10.8 Å². The number of ether oxygens (including phenoxy) is 4. The second-order valence-corrected chi connectivity index (χ2v) is 15.7. The summed E-state index contributed by atoms with van der Waals surface area (Å²) in [5.41, 5.74) is 1.14. The highest BCUT2D eigenvalue weighted by Gasteiger charge is 2.50. The zero-order chi connectivity index (χ0) is 41.4. The summed E-state index contributed by atoms with van der Waals surface area (Å²) >= 11 is 0. The number of ketones is 1. The van der Waals surface area contributed by atoms with Gasteiger partial charge in [0.25, 0.3) is 11.7 Å². The molecule has 4 aliphatic heterocycles. The van der Waals surface area contributed by atoms with Crippen molar-refractivity contribution >= 4 is 39.8 Å². The molecule has 5 bridgehead atoms. The normalized spacial score (nSPS) is 33.0. The molecule has 9 atom stereocenters. The molecule has 2 aromatic rings. The van der Waals surface area contributed by atoms with Gasteiger partial charge in [0.1, 0.15) is 17.6 Å². The number of phenols is 2. The van der Waals surface area contributed by atoms with E-state index in [1.54, 1.807) is 71.9 Å². The largest absolute Gasteiger partial charge is 0.507 e. The predicted molar refractivity (Wildman–Crippen MR) is 212 cm³/mol. The molecule has 14 heteroatoms. The fourth-order valence-corrected chi connectivity index (χ4v) is 7.95. The maximum atomic E-state index is 14.5. The molecule has 1 amide bonds. The number of aromatic hydroxyl groups is 2. The van der Waals surface area contributed by atoms with E-state index < -0.39 is 77.3 Å². The molecule has 0 aliphatic carbocycles. The average molecular weight is 780 g/mol. The van der Waals surface area contributed by atoms with Crippen LogP contribution in [0.2, 0.25) is 0 Å². The van der Waals surface area contributed by atoms with Crippen molar-refractivity contribution in [1.29, 1.82) is 0 Å². The molecular formula is C42H57N3O11. The lowest BCUT2D eigenvalue weighted by Crippen LogP contribution is -2.46. The van der Waals surface area contributed by atoms with E-state index in [4.69, 9.17) is 18.9 Å². The number of allylic oxidation sites excluding steroid dienone is 2. The Hall–Kier alpha value is -4.63. The summed E-state index contributed by atoms with van der Waals surface area (Å²) in [6, 6.07) is 1.61. The van der Waals surface area contributed by atoms with Crippen molar-refractivity contribution in [1.82, 2.24) is 4.90 Å². The highest BCUT2D eigenvalue weighted by Crippen LogP contribution is 2.54. The first-order chi connectivity index (χ1) is 26.3. The number of piperazine rings is 1. The van der Waals surface area contributed by atoms with Gasteiger partial charge in [0.05, 0.1) is 41.2 Å². The highest BCUT2D eigenvalue weighted by atomic mass is 16.7. The van der Waals surface area contributed by atoms with E-state index in [0.717, 1.165) is 0 Å². The molecule has 306 valence electrons. The van der Waals surface area contributed by atoms with Gasteiger partial charge in [-0.15, -0.1) is 0 Å². The van der Waals surface area contributed by atoms with Crippen molar-refractivity contribution in [2.24, 2.45) is 23.7 Å². The molecule has 0 saturated carbocycles. The first-order valence-electron chi connectivity index (χ1n) is 19.1. The molecule has 0 radical (unpaired) electrons. The van der Waals surface area contributed by atoms with E-state index in [2.05, 4.69) is 10.2 Å². The number of carbonyl (C=O) groups is 3. The van der Waals surface area contributed by atoms with Gasteiger partial charge in [-0.2, -0.15) is 0 Å². The topological polar surface area (TPSA) is 188 Å². The number of fused-ring (bicyclic) bond motifs is 14. The van der Waals surface area contributed by atoms with Crippen LogP contribution in [0.5, 0.6) is 17.2 Å². The number of phenolic OH excluding ortho intramolecular Hbond substituents is 2. The minimum atomic E-state index is -1.90. The van der Waals surface area contributed by atoms with Crippen LogP contribution in [0.15, 0.2) is 42.2 Å². The van der Waals surface area contributed by atoms with Crippen LogP contribution in [0.3, 0.4) is 0 Å². The second kappa shape index (κ2) is 16.8. The number of likely N-dealkylation sites (N-methyl/N-ethyl adjacent to an activating group) is 1. The number of aliphatic hydroxyl groups is 2. The Morgan fingerprint density at radius 2 is 1.61 bits per heavy atom. The van der Waals surface area contributed by atoms with Crippen LogP contribution < -0.4 is 15.0 Å². The predicted octanol–water partition coefficient (Wildman–Crippen LogP) is 4.80. The molecule has 2 aromatic carbocycles. The third-order valence-corrected chi connectivity index (χ3v) is 11.7. The lowest BCUT2D eigenvalue weighted by atomic mass is 9.78. The van der Waals surface area contributed by atoms with Crippen molar-refractivity contribution in [2.75, 3.05) is 50.6 Å². The average Bonchev–Trinajstić information content (AvgIpc) is 3.43. The van der Waals surface area contributed by atoms with Gasteiger partial charge in [-0.1, -0.05) is 45.9 Å². The van der Waals surface area contributed by atoms with Crippen LogP contribution in [0, 0.1) is 30.6 Å². The number of rotatable bonds is 3. The Labute approximate surface area is 328 Å². The molecule has 56 heavy (non-hydrogen) atoms. The second-order valence-electron chi connectivity index (χ2n) is 15.7. The Kier molecular flexibility index (Phi) is 12.8. The third-order valence-electron chi connectivity index (χ3n) is 11.7. The van der Waals surface area contributed by atoms with Gasteiger partial charge in [0, 0.05) is 93.0 Å². The van der Waals surface area contributed by atoms with Crippen LogP contribution in [-0.4, -0.2) is 114 Å². The van der Waals surface area contributed by atoms with E-state index in [-0.39, 0.29) is 44.7 Å². The number of Topliss-reactive ketones (excluding diaryl/α,β-unsaturated/α-hetero) is 1. The number of methoxy groups -OCH3 is 1. The summed E-state index contributed by atoms with van der Waals surface area (Å²) in [7, 11) is 3.48. The summed E-state index contributed by atoms with van der Waals surface area (Å²) in [6.45, 7) is 15.5. The summed E-state index contributed by atoms with van der Waals surface area (Å²) in [6.07, 6.45) is 4.06. The summed E-state index contributed by atoms with van der Waals surface area (Å²) in [4.78, 5) is 44.7. The quantitative estimate of drug-likeness (QED) is 0.212. The molecule has 1 saturated heterocycles. The van der Waals surface area contributed by atoms with Crippen molar-refractivity contribution in [3.8, 4) is 17.2 Å². The maximum Gasteiger partial charge on any atom is 0.312 e. The van der Waals surface area contributed by atoms with Gasteiger partial charge < -0.3 is 54.5 Å². The molecule has 6 rings (SSSR count). The number of nitrogens with zero attached hydrogens (tertiary/aromatic N) is 2. The Morgan fingerprint density at radius 1 is 0.946 bits per heavy atom. The monoisotopic (exact) mass is 779 g/mol. The molecule has 0 aromatic heterocycles. The third kappa shape index (κ3) is 8.11. The molecule has 4 aliphatic rings. The van der Waals surface area contributed by atoms with Gasteiger partial charge in [-0.25, -0.2) is 0 Å². The van der Waals surface area contributed by atoms with Crippen LogP contribution >= 0.6 is 0 Å². The van der Waals surface area contributed by atoms with Gasteiger partial charge in [-0.05, 0) is 33.0 Å². The van der Waals surface area contributed by atoms with Gasteiger partial charge in [-0.3, -0.25) is 14.4 Å². The zero-order valence-electron chi connectivity index (χ0n) is 34.0. The highest BCUT2D eigenvalue weighted by molar-refractivity contribution is 6.23. The molecule has 0 spiro atoms. The van der Waals surface area contributed by atoms with Gasteiger partial charge in [0.15, 0.2) is 5.75 Å². The number of carbonyl (C=O) groups excluding carboxylic acids is 3. The molecule has 5 N–H and O–H groups in total. The Bertz CT molecular complexity index is 1930. The number of nitrogens with one attached hydrogen (secondary N) is 1. The van der Waals surface area contributed by atoms with Crippen LogP contribution in [-0.2, 0) is 23.8 Å². The number of esters is 1. The van der Waals surface area contributed by atoms with Crippen molar-refractivity contribution < 1.29 is 53.8 Å². The number of anilines is 2. The van der Waals surface area contributed by atoms with Gasteiger partial charge in [0.2, 0.25) is 0 Å². The van der Waals surface area contributed by atoms with Crippen molar-refractivity contribution in [3.05, 3.63) is 53.3 Å². The number of hydrogen-bond acceptors (Lipinski definition) is 13. The summed E-state index contributed by atoms with van der Waals surface area (Å²) < 4.78 is 23.9. The lowest BCUT2D eigenvalue weighted by Gasteiger charge is -2.38. The minimum absolute atomic E-state index is 0.0151. The van der Waals surface area contributed by atoms with Gasteiger partial charge >= 0.3 is 11.8 Å². The fourth-order valence-electron chi connectivity index (χ4n) is 7.95. The Morgan fingerprint density at radius 3 is 2.23 bits per heavy atom. The van der Waals surface area contributed by atoms with Crippen molar-refractivity contribution in [2.45, 2.75) is 85.6 Å². The van der Waals surface area contributed by atoms with E-state index in [9.17, 15) is 34.8 Å². The van der Waals surface area contributed by atoms with Crippen LogP contribution in [0.1, 0.15) is 64.4 Å². The first-order valence-corrected chi connectivity index (χ1v) is 19.1. The minimum Gasteiger partial charge on any atom is -0.507 e. The molecule has 14 nitrogen and oxygen atoms in total. The first kappa shape index (κ1) is 42.5. The Balaban J connectivity index is 1.69. The number of aliphatic hydroxyl groups excluding tert-OH is 2. The van der Waals surface area contributed by atoms with Crippen LogP contribution in [0.4, 0.5) is 11.4 Å². The molecule has 4 heterocycles. The fraction of sp³-hybridized carbons (Fsp3) is 0.548. The molecular weight excluding hydrogens is 722 g/mol. The lowest BCUT2D eigenvalue weighted by molar-refractivity contribution is -0.160. The SMILES string of the molecule is CO[C@H]1/C=C/O[C@@]2(C)Oc3c(C)c(O)c4c(O)c(cc(N5CCN(C)CC5)c4c3C2=O)NC(=O)/C(C)=C\C=C\[C@@H](C)[C@H](O)[C@H](C)[C@H](O)[C@@H](C)[C@@H](OC(C)=O)[C@H]1C. The maximum absolute atomic E-state index is 14.5. The molecule has 1 fully saturated rings. The molecule has 0 unspecified atom stereocenters. The van der Waals surface area contributed by atoms with E-state index in [1.807, 2.05) is 11.9 Å². The number of amides is 1. The zero-order valence-corrected chi connectivity index (χ0v) is 34.0. The summed E-state index contributed by atoms with van der Waals surface area (Å²) in [5.74, 6) is -6.51. The van der Waals surface area contributed by atoms with E-state index >= 15 is 0 Å². The number of benzene rings is 2. The van der Waals surface area contributed by atoms with E-state index in [0.29, 0.717) is 31.9 Å². The standard InChI is InChI=1S/C42H57N3O11/c1-21-12-11-13-22(2)41(52)43-28-20-29(45-17-15-44(9)16-18-45)31-32(37(28)50)36(49)26(6)39-33(31)40(51)42(8,56-39)54-19-14-30(53-10)23(3)38(55-27(7)46)25(5)35(48)24(4)34(21)47/h11-14,19-21,23-25,30,34-35,38,47-50H,15-18H2,1-10H3,(H,43,52)/b12-11+,19-14+,22-13-/t21-,23+,24+,25-,30+,34+,35+,38+,42+/m1/s1.